The molecule has 0 aromatic heterocycles. The Morgan fingerprint density at radius 3 is 2.83 bits per heavy atom. The van der Waals surface area contributed by atoms with Crippen LogP contribution in [0.1, 0.15) is 12.8 Å². The molecule has 12 heavy (non-hydrogen) atoms. The Kier molecular flexibility index (Phi) is 4.04. The molecule has 4 heteroatoms. The zero-order chi connectivity index (χ0) is 8.81. The van der Waals surface area contributed by atoms with Gasteiger partial charge < -0.3 is 14.8 Å². The lowest BCUT2D eigenvalue weighted by atomic mass is 10.6. The molecule has 0 radical (unpaired) electrons. The van der Waals surface area contributed by atoms with Gasteiger partial charge in [-0.3, -0.25) is 4.79 Å². The molecule has 0 aromatic rings. The van der Waals surface area contributed by atoms with Gasteiger partial charge in [0.05, 0.1) is 13.2 Å². The van der Waals surface area contributed by atoms with E-state index in [1.54, 1.807) is 7.11 Å². The van der Waals surface area contributed by atoms with Crippen molar-refractivity contribution >= 4 is 5.97 Å². The first-order chi connectivity index (χ1) is 5.83. The van der Waals surface area contributed by atoms with E-state index >= 15 is 0 Å². The van der Waals surface area contributed by atoms with Crippen molar-refractivity contribution in [2.24, 2.45) is 0 Å². The highest BCUT2D eigenvalue weighted by Crippen LogP contribution is 2.17. The Balaban J connectivity index is 1.88. The summed E-state index contributed by atoms with van der Waals surface area (Å²) in [5, 5.41) is 3.07. The predicted octanol–water partition coefficient (Wildman–Crippen LogP) is -0.0720. The Labute approximate surface area is 72.2 Å². The van der Waals surface area contributed by atoms with Gasteiger partial charge in [0.2, 0.25) is 0 Å². The van der Waals surface area contributed by atoms with E-state index in [1.807, 2.05) is 0 Å². The third-order valence-corrected chi connectivity index (χ3v) is 1.66. The minimum Gasteiger partial charge on any atom is -0.462 e. The maximum atomic E-state index is 10.9. The Bertz CT molecular complexity index is 145. The van der Waals surface area contributed by atoms with Gasteiger partial charge in [0.25, 0.3) is 0 Å². The van der Waals surface area contributed by atoms with E-state index in [-0.39, 0.29) is 5.97 Å². The van der Waals surface area contributed by atoms with Crippen molar-refractivity contribution in [3.63, 3.8) is 0 Å². The average molecular weight is 173 g/mol. The summed E-state index contributed by atoms with van der Waals surface area (Å²) >= 11 is 0. The summed E-state index contributed by atoms with van der Waals surface area (Å²) in [4.78, 5) is 10.9. The van der Waals surface area contributed by atoms with Crippen LogP contribution in [-0.4, -0.2) is 38.9 Å². The molecule has 1 N–H and O–H groups in total. The van der Waals surface area contributed by atoms with Gasteiger partial charge in [-0.05, 0) is 12.8 Å². The molecule has 1 aliphatic carbocycles. The fourth-order valence-electron chi connectivity index (χ4n) is 0.805. The van der Waals surface area contributed by atoms with Gasteiger partial charge in [-0.15, -0.1) is 0 Å². The SMILES string of the molecule is COCCOC(=O)CNC1CC1. The Morgan fingerprint density at radius 2 is 2.25 bits per heavy atom. The normalized spacial score (nSPS) is 16.1. The summed E-state index contributed by atoms with van der Waals surface area (Å²) < 4.78 is 9.57. The molecular formula is C8H15NO3. The van der Waals surface area contributed by atoms with Crippen LogP contribution < -0.4 is 5.32 Å². The molecule has 0 unspecified atom stereocenters. The van der Waals surface area contributed by atoms with E-state index in [4.69, 9.17) is 9.47 Å². The van der Waals surface area contributed by atoms with Crippen LogP contribution >= 0.6 is 0 Å². The molecule has 1 saturated carbocycles. The maximum Gasteiger partial charge on any atom is 0.320 e. The Morgan fingerprint density at radius 1 is 1.50 bits per heavy atom. The fraction of sp³-hybridized carbons (Fsp3) is 0.875. The summed E-state index contributed by atoms with van der Waals surface area (Å²) in [7, 11) is 1.58. The standard InChI is InChI=1S/C8H15NO3/c1-11-4-5-12-8(10)6-9-7-2-3-7/h7,9H,2-6H2,1H3. The van der Waals surface area contributed by atoms with Gasteiger partial charge >= 0.3 is 5.97 Å². The monoisotopic (exact) mass is 173 g/mol. The van der Waals surface area contributed by atoms with E-state index in [9.17, 15) is 4.79 Å². The second kappa shape index (κ2) is 5.11. The van der Waals surface area contributed by atoms with Gasteiger partial charge in [-0.1, -0.05) is 0 Å². The maximum absolute atomic E-state index is 10.9. The third-order valence-electron chi connectivity index (χ3n) is 1.66. The zero-order valence-electron chi connectivity index (χ0n) is 7.34. The van der Waals surface area contributed by atoms with E-state index in [2.05, 4.69) is 5.32 Å². The highest BCUT2D eigenvalue weighted by molar-refractivity contribution is 5.71. The Hall–Kier alpha value is -0.610. The number of rotatable bonds is 6. The number of hydrogen-bond acceptors (Lipinski definition) is 4. The number of carbonyl (C=O) groups is 1. The van der Waals surface area contributed by atoms with Crippen molar-refractivity contribution < 1.29 is 14.3 Å². The van der Waals surface area contributed by atoms with Crippen molar-refractivity contribution in [1.29, 1.82) is 0 Å². The highest BCUT2D eigenvalue weighted by atomic mass is 16.6. The van der Waals surface area contributed by atoms with E-state index in [0.717, 1.165) is 0 Å². The van der Waals surface area contributed by atoms with Crippen molar-refractivity contribution in [1.82, 2.24) is 5.32 Å². The molecule has 1 rings (SSSR count). The van der Waals surface area contributed by atoms with Crippen LogP contribution in [0.4, 0.5) is 0 Å². The number of nitrogens with one attached hydrogen (secondary N) is 1. The lowest BCUT2D eigenvalue weighted by Crippen LogP contribution is -2.27. The fourth-order valence-corrected chi connectivity index (χ4v) is 0.805. The molecule has 0 spiro atoms. The van der Waals surface area contributed by atoms with Gasteiger partial charge in [0.1, 0.15) is 6.61 Å². The first-order valence-electron chi connectivity index (χ1n) is 4.21. The molecule has 0 aromatic carbocycles. The second-order valence-electron chi connectivity index (χ2n) is 2.87. The summed E-state index contributed by atoms with van der Waals surface area (Å²) in [5.74, 6) is -0.195. The molecule has 1 fully saturated rings. The molecule has 70 valence electrons. The van der Waals surface area contributed by atoms with Crippen LogP contribution in [0.2, 0.25) is 0 Å². The molecule has 0 aliphatic heterocycles. The molecule has 0 bridgehead atoms. The minimum absolute atomic E-state index is 0.195. The summed E-state index contributed by atoms with van der Waals surface area (Å²) in [6.07, 6.45) is 2.37. The first kappa shape index (κ1) is 9.48. The number of carbonyl (C=O) groups excluding carboxylic acids is 1. The predicted molar refractivity (Wildman–Crippen MR) is 43.9 cm³/mol. The van der Waals surface area contributed by atoms with Crippen LogP contribution in [-0.2, 0) is 14.3 Å². The average Bonchev–Trinajstić information content (AvgIpc) is 2.84. The van der Waals surface area contributed by atoms with Crippen molar-refractivity contribution in [2.75, 3.05) is 26.9 Å². The third kappa shape index (κ3) is 4.31. The molecule has 4 nitrogen and oxygen atoms in total. The number of esters is 1. The topological polar surface area (TPSA) is 47.6 Å². The number of hydrogen-bond donors (Lipinski definition) is 1. The van der Waals surface area contributed by atoms with Crippen LogP contribution in [0, 0.1) is 0 Å². The smallest absolute Gasteiger partial charge is 0.320 e. The summed E-state index contributed by atoms with van der Waals surface area (Å²) in [6.45, 7) is 1.14. The zero-order valence-corrected chi connectivity index (χ0v) is 7.34. The molecule has 0 amide bonds. The van der Waals surface area contributed by atoms with Crippen molar-refractivity contribution in [3.8, 4) is 0 Å². The summed E-state index contributed by atoms with van der Waals surface area (Å²) in [6, 6.07) is 0.556. The molecular weight excluding hydrogens is 158 g/mol. The number of methoxy groups -OCH3 is 1. The van der Waals surface area contributed by atoms with E-state index in [1.165, 1.54) is 12.8 Å². The highest BCUT2D eigenvalue weighted by Gasteiger charge is 2.21. The van der Waals surface area contributed by atoms with Crippen LogP contribution in [0.5, 0.6) is 0 Å². The van der Waals surface area contributed by atoms with E-state index < -0.39 is 0 Å². The largest absolute Gasteiger partial charge is 0.462 e. The molecule has 0 atom stereocenters. The summed E-state index contributed by atoms with van der Waals surface area (Å²) in [5.41, 5.74) is 0. The van der Waals surface area contributed by atoms with Crippen molar-refractivity contribution in [3.05, 3.63) is 0 Å². The van der Waals surface area contributed by atoms with Crippen molar-refractivity contribution in [2.45, 2.75) is 18.9 Å². The number of ether oxygens (including phenoxy) is 2. The second-order valence-corrected chi connectivity index (χ2v) is 2.87. The lowest BCUT2D eigenvalue weighted by Gasteiger charge is -2.03. The quantitative estimate of drug-likeness (QED) is 0.451. The molecule has 0 saturated heterocycles. The van der Waals surface area contributed by atoms with Gasteiger partial charge in [-0.25, -0.2) is 0 Å². The van der Waals surface area contributed by atoms with Gasteiger partial charge in [0, 0.05) is 13.2 Å². The molecule has 0 heterocycles. The minimum atomic E-state index is -0.195. The van der Waals surface area contributed by atoms with Crippen LogP contribution in [0.3, 0.4) is 0 Å². The van der Waals surface area contributed by atoms with Crippen LogP contribution in [0.15, 0.2) is 0 Å². The van der Waals surface area contributed by atoms with Crippen LogP contribution in [0.25, 0.3) is 0 Å². The first-order valence-corrected chi connectivity index (χ1v) is 4.21. The van der Waals surface area contributed by atoms with Gasteiger partial charge in [0.15, 0.2) is 0 Å². The molecule has 1 aliphatic rings. The van der Waals surface area contributed by atoms with Gasteiger partial charge in [-0.2, -0.15) is 0 Å². The van der Waals surface area contributed by atoms with E-state index in [0.29, 0.717) is 25.8 Å². The lowest BCUT2D eigenvalue weighted by molar-refractivity contribution is -0.143.